The lowest BCUT2D eigenvalue weighted by atomic mass is 9.97. The van der Waals surface area contributed by atoms with Gasteiger partial charge in [0.05, 0.1) is 11.5 Å². The third-order valence-corrected chi connectivity index (χ3v) is 7.04. The van der Waals surface area contributed by atoms with E-state index in [9.17, 15) is 8.42 Å². The van der Waals surface area contributed by atoms with E-state index in [2.05, 4.69) is 30.4 Å². The molecule has 2 aliphatic rings. The summed E-state index contributed by atoms with van der Waals surface area (Å²) < 4.78 is 28.9. The summed E-state index contributed by atoms with van der Waals surface area (Å²) in [6.07, 6.45) is 5.64. The number of fused-ring (bicyclic) bond motifs is 1. The summed E-state index contributed by atoms with van der Waals surface area (Å²) in [7, 11) is -3.13. The molecule has 1 aliphatic heterocycles. The van der Waals surface area contributed by atoms with Gasteiger partial charge in [-0.15, -0.1) is 0 Å². The maximum Gasteiger partial charge on any atom is 0.175 e. The molecule has 0 saturated heterocycles. The van der Waals surface area contributed by atoms with E-state index in [0.717, 1.165) is 38.0 Å². The van der Waals surface area contributed by atoms with Gasteiger partial charge in [-0.05, 0) is 67.0 Å². The fourth-order valence-corrected chi connectivity index (χ4v) is 4.98. The molecule has 1 fully saturated rings. The molecule has 1 heterocycles. The van der Waals surface area contributed by atoms with Crippen LogP contribution in [-0.4, -0.2) is 27.3 Å². The van der Waals surface area contributed by atoms with Crippen molar-refractivity contribution in [3.05, 3.63) is 59.2 Å². The zero-order chi connectivity index (χ0) is 19.0. The highest BCUT2D eigenvalue weighted by molar-refractivity contribution is 7.90. The Hall–Kier alpha value is -1.85. The van der Waals surface area contributed by atoms with Crippen LogP contribution in [0.15, 0.2) is 47.4 Å². The van der Waals surface area contributed by atoms with Crippen LogP contribution in [0.4, 0.5) is 0 Å². The highest BCUT2D eigenvalue weighted by atomic mass is 32.2. The summed E-state index contributed by atoms with van der Waals surface area (Å²) in [5.74, 6) is 1.53. The van der Waals surface area contributed by atoms with Crippen LogP contribution in [0.5, 0.6) is 5.75 Å². The van der Waals surface area contributed by atoms with Crippen molar-refractivity contribution in [3.8, 4) is 5.75 Å². The Bertz CT molecular complexity index is 921. The third-order valence-electron chi connectivity index (χ3n) is 5.91. The van der Waals surface area contributed by atoms with Gasteiger partial charge in [-0.3, -0.25) is 0 Å². The second-order valence-corrected chi connectivity index (χ2v) is 9.92. The van der Waals surface area contributed by atoms with Crippen LogP contribution in [-0.2, 0) is 16.3 Å². The van der Waals surface area contributed by atoms with Crippen LogP contribution in [0.3, 0.4) is 0 Å². The number of benzene rings is 2. The predicted octanol–water partition coefficient (Wildman–Crippen LogP) is 4.01. The molecular formula is C22H27NO3S. The normalized spacial score (nSPS) is 23.0. The largest absolute Gasteiger partial charge is 0.493 e. The third kappa shape index (κ3) is 4.04. The van der Waals surface area contributed by atoms with Crippen LogP contribution in [0.1, 0.15) is 54.8 Å². The van der Waals surface area contributed by atoms with Crippen molar-refractivity contribution in [1.82, 2.24) is 5.32 Å². The second kappa shape index (κ2) is 7.28. The number of rotatable bonds is 5. The first-order valence-electron chi connectivity index (χ1n) is 9.72. The highest BCUT2D eigenvalue weighted by Crippen LogP contribution is 2.36. The van der Waals surface area contributed by atoms with Crippen molar-refractivity contribution in [2.75, 3.05) is 12.9 Å². The van der Waals surface area contributed by atoms with Crippen LogP contribution in [0.2, 0.25) is 0 Å². The van der Waals surface area contributed by atoms with E-state index >= 15 is 0 Å². The van der Waals surface area contributed by atoms with Crippen molar-refractivity contribution in [2.24, 2.45) is 0 Å². The van der Waals surface area contributed by atoms with E-state index in [1.165, 1.54) is 22.9 Å². The maximum absolute atomic E-state index is 11.6. The Labute approximate surface area is 161 Å². The predicted molar refractivity (Wildman–Crippen MR) is 107 cm³/mol. The molecule has 4 rings (SSSR count). The van der Waals surface area contributed by atoms with Crippen molar-refractivity contribution >= 4 is 9.84 Å². The summed E-state index contributed by atoms with van der Waals surface area (Å²) in [5.41, 5.74) is 3.88. The summed E-state index contributed by atoms with van der Waals surface area (Å²) in [6, 6.07) is 14.8. The zero-order valence-electron chi connectivity index (χ0n) is 15.9. The molecule has 1 unspecified atom stereocenters. The summed E-state index contributed by atoms with van der Waals surface area (Å²) in [6.45, 7) is 3.02. The van der Waals surface area contributed by atoms with E-state index < -0.39 is 9.84 Å². The van der Waals surface area contributed by atoms with Gasteiger partial charge in [-0.1, -0.05) is 24.3 Å². The van der Waals surface area contributed by atoms with E-state index in [4.69, 9.17) is 4.74 Å². The number of nitrogens with one attached hydrogen (secondary N) is 1. The van der Waals surface area contributed by atoms with E-state index in [1.807, 2.05) is 12.1 Å². The molecule has 0 spiro atoms. The fourth-order valence-electron chi connectivity index (χ4n) is 4.35. The van der Waals surface area contributed by atoms with Gasteiger partial charge in [0.25, 0.3) is 0 Å². The van der Waals surface area contributed by atoms with Crippen molar-refractivity contribution in [2.45, 2.75) is 55.5 Å². The van der Waals surface area contributed by atoms with E-state index in [-0.39, 0.29) is 0 Å². The average molecular weight is 386 g/mol. The minimum atomic E-state index is -3.13. The molecule has 1 aliphatic carbocycles. The number of ether oxygens (including phenoxy) is 1. The standard InChI is InChI=1S/C22H27NO3S/c1-15(17-6-10-22-19(13-17)11-12-26-22)23-20-7-3-18(14-20)16-4-8-21(9-5-16)27(2,24)25/h4-6,8-10,13,15,18,20,23H,3,7,11-12,14H2,1-2H3/t15-,18+,20?/m1/s1. The Morgan fingerprint density at radius 3 is 2.63 bits per heavy atom. The summed E-state index contributed by atoms with van der Waals surface area (Å²) in [4.78, 5) is 0.396. The van der Waals surface area contributed by atoms with E-state index in [1.54, 1.807) is 12.1 Å². The Morgan fingerprint density at radius 1 is 1.11 bits per heavy atom. The first-order chi connectivity index (χ1) is 12.9. The first kappa shape index (κ1) is 18.5. The number of hydrogen-bond donors (Lipinski definition) is 1. The average Bonchev–Trinajstić information content (AvgIpc) is 3.29. The second-order valence-electron chi connectivity index (χ2n) is 7.90. The fraction of sp³-hybridized carbons (Fsp3) is 0.455. The van der Waals surface area contributed by atoms with Gasteiger partial charge in [0, 0.05) is 24.8 Å². The molecule has 0 radical (unpaired) electrons. The molecule has 3 atom stereocenters. The number of hydrogen-bond acceptors (Lipinski definition) is 4. The lowest BCUT2D eigenvalue weighted by Gasteiger charge is -2.21. The molecule has 1 saturated carbocycles. The SMILES string of the molecule is C[C@@H](NC1CC[C@H](c2ccc(S(C)(=O)=O)cc2)C1)c1ccc2c(c1)CCO2. The molecule has 1 N–H and O–H groups in total. The van der Waals surface area contributed by atoms with Crippen LogP contribution < -0.4 is 10.1 Å². The smallest absolute Gasteiger partial charge is 0.175 e. The molecule has 2 aromatic carbocycles. The molecule has 0 aromatic heterocycles. The van der Waals surface area contributed by atoms with Crippen LogP contribution in [0.25, 0.3) is 0 Å². The quantitative estimate of drug-likeness (QED) is 0.845. The van der Waals surface area contributed by atoms with Crippen LogP contribution in [0, 0.1) is 0 Å². The Kier molecular flexibility index (Phi) is 4.99. The van der Waals surface area contributed by atoms with Crippen molar-refractivity contribution < 1.29 is 13.2 Å². The van der Waals surface area contributed by atoms with Gasteiger partial charge in [0.1, 0.15) is 5.75 Å². The monoisotopic (exact) mass is 385 g/mol. The van der Waals surface area contributed by atoms with Gasteiger partial charge < -0.3 is 10.1 Å². The lowest BCUT2D eigenvalue weighted by Crippen LogP contribution is -2.29. The molecule has 4 nitrogen and oxygen atoms in total. The molecule has 27 heavy (non-hydrogen) atoms. The molecular weight excluding hydrogens is 358 g/mol. The van der Waals surface area contributed by atoms with Crippen molar-refractivity contribution in [3.63, 3.8) is 0 Å². The summed E-state index contributed by atoms with van der Waals surface area (Å²) >= 11 is 0. The zero-order valence-corrected chi connectivity index (χ0v) is 16.8. The molecule has 0 bridgehead atoms. The molecule has 144 valence electrons. The topological polar surface area (TPSA) is 55.4 Å². The summed E-state index contributed by atoms with van der Waals surface area (Å²) in [5, 5.41) is 3.78. The minimum absolute atomic E-state index is 0.312. The Morgan fingerprint density at radius 2 is 1.89 bits per heavy atom. The van der Waals surface area contributed by atoms with Crippen molar-refractivity contribution in [1.29, 1.82) is 0 Å². The molecule has 2 aromatic rings. The number of sulfone groups is 1. The van der Waals surface area contributed by atoms with Gasteiger partial charge in [-0.25, -0.2) is 8.42 Å². The first-order valence-corrected chi connectivity index (χ1v) is 11.6. The Balaban J connectivity index is 1.38. The van der Waals surface area contributed by atoms with Gasteiger partial charge in [-0.2, -0.15) is 0 Å². The van der Waals surface area contributed by atoms with E-state index in [0.29, 0.717) is 22.9 Å². The lowest BCUT2D eigenvalue weighted by molar-refractivity contribution is 0.356. The highest BCUT2D eigenvalue weighted by Gasteiger charge is 2.27. The van der Waals surface area contributed by atoms with Crippen LogP contribution >= 0.6 is 0 Å². The maximum atomic E-state index is 11.6. The molecule has 5 heteroatoms. The van der Waals surface area contributed by atoms with Gasteiger partial charge in [0.15, 0.2) is 9.84 Å². The van der Waals surface area contributed by atoms with Gasteiger partial charge in [0.2, 0.25) is 0 Å². The molecule has 0 amide bonds. The minimum Gasteiger partial charge on any atom is -0.493 e. The van der Waals surface area contributed by atoms with Gasteiger partial charge >= 0.3 is 0 Å².